The number of hydrogen-bond donors (Lipinski definition) is 2. The van der Waals surface area contributed by atoms with Crippen molar-refractivity contribution in [3.8, 4) is 17.1 Å². The number of rotatable bonds is 4. The number of ether oxygens (including phenoxy) is 1. The van der Waals surface area contributed by atoms with Crippen LogP contribution in [-0.2, 0) is 13.6 Å². The largest absolute Gasteiger partial charge is 0.477 e. The van der Waals surface area contributed by atoms with Gasteiger partial charge in [0.25, 0.3) is 5.91 Å². The standard InChI is InChI=1S/C30H34F3N7O2/c1-17-11-21-13-24(35-17)23-15-34-39(3)28(23)42-10-4-5-20(12-19-6-7-19)16-40-26-9-8-22(36-18(2)30(31,32)33)14-25(26)37-29(40)38-27(21)41/h8-9,11,13-15,18-20,36H,4-7,10,12,16H2,1-3H3,(H,37,38,41)/t18-,20+/m1/s1. The molecule has 2 atom stereocenters. The smallest absolute Gasteiger partial charge is 0.408 e. The summed E-state index contributed by atoms with van der Waals surface area (Å²) < 4.78 is 49.5. The first-order chi connectivity index (χ1) is 20.0. The molecule has 1 aliphatic carbocycles. The quantitative estimate of drug-likeness (QED) is 0.292. The number of aromatic nitrogens is 5. The number of amides is 1. The Morgan fingerprint density at radius 1 is 1.14 bits per heavy atom. The van der Waals surface area contributed by atoms with Gasteiger partial charge >= 0.3 is 6.18 Å². The summed E-state index contributed by atoms with van der Waals surface area (Å²) in [4.78, 5) is 23.0. The fraction of sp³-hybridized carbons (Fsp3) is 0.467. The van der Waals surface area contributed by atoms with Crippen LogP contribution < -0.4 is 15.4 Å². The number of anilines is 2. The molecule has 0 spiro atoms. The number of hydrogen-bond acceptors (Lipinski definition) is 6. The van der Waals surface area contributed by atoms with Crippen LogP contribution in [0.2, 0.25) is 0 Å². The van der Waals surface area contributed by atoms with E-state index in [0.717, 1.165) is 31.7 Å². The van der Waals surface area contributed by atoms with Crippen LogP contribution >= 0.6 is 0 Å². The van der Waals surface area contributed by atoms with E-state index in [4.69, 9.17) is 9.72 Å². The first-order valence-corrected chi connectivity index (χ1v) is 14.3. The normalized spacial score (nSPS) is 18.7. The summed E-state index contributed by atoms with van der Waals surface area (Å²) in [5, 5.41) is 9.88. The van der Waals surface area contributed by atoms with Gasteiger partial charge in [-0.1, -0.05) is 12.8 Å². The highest BCUT2D eigenvalue weighted by Gasteiger charge is 2.36. The number of fused-ring (bicyclic) bond motifs is 7. The molecule has 42 heavy (non-hydrogen) atoms. The molecule has 1 saturated carbocycles. The Labute approximate surface area is 241 Å². The molecule has 6 rings (SSSR count). The van der Waals surface area contributed by atoms with Crippen molar-refractivity contribution in [3.63, 3.8) is 0 Å². The fourth-order valence-corrected chi connectivity index (χ4v) is 5.62. The van der Waals surface area contributed by atoms with Gasteiger partial charge in [0, 0.05) is 30.5 Å². The zero-order valence-electron chi connectivity index (χ0n) is 23.8. The fourth-order valence-electron chi connectivity index (χ4n) is 5.62. The zero-order valence-corrected chi connectivity index (χ0v) is 23.8. The van der Waals surface area contributed by atoms with Crippen LogP contribution in [-0.4, -0.2) is 49.0 Å². The van der Waals surface area contributed by atoms with Crippen molar-refractivity contribution in [1.29, 1.82) is 0 Å². The van der Waals surface area contributed by atoms with Gasteiger partial charge in [-0.3, -0.25) is 15.1 Å². The Kier molecular flexibility index (Phi) is 7.32. The minimum Gasteiger partial charge on any atom is -0.477 e. The number of pyridine rings is 1. The zero-order chi connectivity index (χ0) is 29.6. The molecular formula is C30H34F3N7O2. The van der Waals surface area contributed by atoms with E-state index in [1.165, 1.54) is 12.8 Å². The molecule has 0 saturated heterocycles. The van der Waals surface area contributed by atoms with Crippen molar-refractivity contribution < 1.29 is 22.7 Å². The average Bonchev–Trinajstić information content (AvgIpc) is 3.58. The van der Waals surface area contributed by atoms with Crippen LogP contribution in [0.15, 0.2) is 36.5 Å². The summed E-state index contributed by atoms with van der Waals surface area (Å²) in [5.41, 5.74) is 3.91. The molecule has 4 aromatic rings. The number of halogens is 3. The van der Waals surface area contributed by atoms with Crippen molar-refractivity contribution in [2.45, 2.75) is 64.7 Å². The van der Waals surface area contributed by atoms with E-state index in [9.17, 15) is 18.0 Å². The Morgan fingerprint density at radius 2 is 1.95 bits per heavy atom. The molecule has 1 aliphatic heterocycles. The van der Waals surface area contributed by atoms with Crippen LogP contribution in [0.25, 0.3) is 22.3 Å². The number of imidazole rings is 1. The van der Waals surface area contributed by atoms with Crippen molar-refractivity contribution in [1.82, 2.24) is 24.3 Å². The van der Waals surface area contributed by atoms with E-state index in [-0.39, 0.29) is 5.91 Å². The van der Waals surface area contributed by atoms with Gasteiger partial charge in [0.15, 0.2) is 0 Å². The van der Waals surface area contributed by atoms with E-state index in [1.54, 1.807) is 41.2 Å². The third-order valence-electron chi connectivity index (χ3n) is 8.02. The lowest BCUT2D eigenvalue weighted by molar-refractivity contribution is -0.138. The summed E-state index contributed by atoms with van der Waals surface area (Å²) in [6.07, 6.45) is 2.53. The second-order valence-electron chi connectivity index (χ2n) is 11.5. The molecule has 2 bridgehead atoms. The maximum absolute atomic E-state index is 13.6. The highest BCUT2D eigenvalue weighted by Crippen LogP contribution is 2.38. The lowest BCUT2D eigenvalue weighted by Crippen LogP contribution is -2.33. The van der Waals surface area contributed by atoms with Crippen LogP contribution in [0.4, 0.5) is 24.8 Å². The number of alkyl halides is 3. The van der Waals surface area contributed by atoms with Gasteiger partial charge in [-0.2, -0.15) is 18.3 Å². The molecular weight excluding hydrogens is 547 g/mol. The summed E-state index contributed by atoms with van der Waals surface area (Å²) in [5.74, 6) is 1.60. The number of benzene rings is 1. The first-order valence-electron chi connectivity index (χ1n) is 14.3. The third-order valence-corrected chi connectivity index (χ3v) is 8.02. The summed E-state index contributed by atoms with van der Waals surface area (Å²) in [7, 11) is 1.82. The lowest BCUT2D eigenvalue weighted by atomic mass is 9.96. The second-order valence-corrected chi connectivity index (χ2v) is 11.5. The highest BCUT2D eigenvalue weighted by molar-refractivity contribution is 6.05. The van der Waals surface area contributed by atoms with Crippen molar-refractivity contribution in [3.05, 3.63) is 47.8 Å². The van der Waals surface area contributed by atoms with Crippen LogP contribution in [0.5, 0.6) is 5.88 Å². The maximum atomic E-state index is 13.6. The van der Waals surface area contributed by atoms with Crippen LogP contribution in [0, 0.1) is 18.8 Å². The van der Waals surface area contributed by atoms with Gasteiger partial charge in [0.05, 0.1) is 35.1 Å². The first kappa shape index (κ1) is 28.0. The third kappa shape index (κ3) is 5.93. The molecule has 3 aromatic heterocycles. The minimum atomic E-state index is -4.38. The Morgan fingerprint density at radius 3 is 2.71 bits per heavy atom. The van der Waals surface area contributed by atoms with Crippen molar-refractivity contribution >= 4 is 28.6 Å². The number of aryl methyl sites for hydroxylation is 2. The van der Waals surface area contributed by atoms with Crippen LogP contribution in [0.1, 0.15) is 55.1 Å². The van der Waals surface area contributed by atoms with Crippen molar-refractivity contribution in [2.24, 2.45) is 18.9 Å². The molecule has 1 fully saturated rings. The summed E-state index contributed by atoms with van der Waals surface area (Å²) >= 11 is 0. The molecule has 0 unspecified atom stereocenters. The van der Waals surface area contributed by atoms with E-state index in [1.807, 2.05) is 18.5 Å². The van der Waals surface area contributed by atoms with Gasteiger partial charge in [-0.05, 0) is 75.3 Å². The van der Waals surface area contributed by atoms with E-state index >= 15 is 0 Å². The molecule has 1 aromatic carbocycles. The van der Waals surface area contributed by atoms with Gasteiger partial charge in [0.1, 0.15) is 6.04 Å². The molecule has 4 heterocycles. The lowest BCUT2D eigenvalue weighted by Gasteiger charge is -2.20. The van der Waals surface area contributed by atoms with Gasteiger partial charge in [0.2, 0.25) is 11.8 Å². The van der Waals surface area contributed by atoms with E-state index in [2.05, 4.69) is 20.7 Å². The number of carbonyl (C=O) groups excluding carboxylic acids is 1. The topological polar surface area (TPSA) is 98.9 Å². The molecule has 2 N–H and O–H groups in total. The predicted octanol–water partition coefficient (Wildman–Crippen LogP) is 6.34. The molecule has 12 heteroatoms. The van der Waals surface area contributed by atoms with Gasteiger partial charge in [-0.25, -0.2) is 9.67 Å². The number of nitrogens with one attached hydrogen (secondary N) is 2. The highest BCUT2D eigenvalue weighted by atomic mass is 19.4. The van der Waals surface area contributed by atoms with Gasteiger partial charge in [-0.15, -0.1) is 0 Å². The SMILES string of the molecule is Cc1cc2cc(n1)-c1cnn(C)c1OCCC[C@@H](CC1CC1)Cn1c(nc3cc(N[C@H](C)C(F)(F)F)ccc31)NC2=O. The Hall–Kier alpha value is -4.09. The summed E-state index contributed by atoms with van der Waals surface area (Å²) in [6.45, 7) is 4.02. The molecule has 0 radical (unpaired) electrons. The molecule has 9 nitrogen and oxygen atoms in total. The number of carbonyl (C=O) groups is 1. The molecule has 1 amide bonds. The molecule has 2 aliphatic rings. The Balaban J connectivity index is 1.41. The van der Waals surface area contributed by atoms with E-state index in [0.29, 0.717) is 70.5 Å². The molecule has 222 valence electrons. The predicted molar refractivity (Wildman–Crippen MR) is 154 cm³/mol. The van der Waals surface area contributed by atoms with Crippen LogP contribution in [0.3, 0.4) is 0 Å². The maximum Gasteiger partial charge on any atom is 0.408 e. The summed E-state index contributed by atoms with van der Waals surface area (Å²) in [6, 6.07) is 6.69. The van der Waals surface area contributed by atoms with Crippen molar-refractivity contribution in [2.75, 3.05) is 17.2 Å². The van der Waals surface area contributed by atoms with E-state index < -0.39 is 12.2 Å². The van der Waals surface area contributed by atoms with Gasteiger partial charge < -0.3 is 14.6 Å². The average molecular weight is 582 g/mol. The monoisotopic (exact) mass is 581 g/mol. The second kappa shape index (κ2) is 11.0. The minimum absolute atomic E-state index is 0.304. The Bertz CT molecular complexity index is 1620. The number of nitrogens with zero attached hydrogens (tertiary/aromatic N) is 5.